The number of sulfone groups is 2. The second kappa shape index (κ2) is 17.8. The molecule has 0 saturated heterocycles. The number of nitrogens with zero attached hydrogens (tertiary/aromatic N) is 3. The van der Waals surface area contributed by atoms with E-state index in [4.69, 9.17) is 0 Å². The molecule has 0 radical (unpaired) electrons. The van der Waals surface area contributed by atoms with Crippen LogP contribution in [-0.4, -0.2) is 48.4 Å². The molecule has 11 heteroatoms. The molecule has 0 fully saturated rings. The number of hydrogen-bond acceptors (Lipinski definition) is 9. The Kier molecular flexibility index (Phi) is 15.4. The SMILES string of the molecule is CCCCCCCCCS(=O)(=O)c1nc(Nc2cc(C(C)(C)C)c(O)c(C(C)(C)C)c2)nc(S(=O)(=O)CCCCCCCCC)n1. The summed E-state index contributed by atoms with van der Waals surface area (Å²) in [4.78, 5) is 12.5. The van der Waals surface area contributed by atoms with Crippen molar-refractivity contribution in [3.8, 4) is 5.75 Å². The third kappa shape index (κ3) is 12.7. The van der Waals surface area contributed by atoms with E-state index in [1.54, 1.807) is 12.1 Å². The summed E-state index contributed by atoms with van der Waals surface area (Å²) in [6, 6.07) is 3.54. The minimum absolute atomic E-state index is 0.156. The van der Waals surface area contributed by atoms with E-state index < -0.39 is 40.8 Å². The first kappa shape index (κ1) is 39.9. The van der Waals surface area contributed by atoms with Gasteiger partial charge in [0, 0.05) is 16.8 Å². The molecule has 0 aliphatic carbocycles. The van der Waals surface area contributed by atoms with E-state index in [0.29, 0.717) is 29.7 Å². The zero-order valence-corrected chi connectivity index (χ0v) is 31.3. The highest BCUT2D eigenvalue weighted by Gasteiger charge is 2.29. The van der Waals surface area contributed by atoms with Gasteiger partial charge in [-0.05, 0) is 35.8 Å². The van der Waals surface area contributed by atoms with Gasteiger partial charge in [-0.3, -0.25) is 0 Å². The molecule has 1 aromatic heterocycles. The van der Waals surface area contributed by atoms with Gasteiger partial charge in [0.1, 0.15) is 5.75 Å². The van der Waals surface area contributed by atoms with Gasteiger partial charge in [-0.1, -0.05) is 132 Å². The standard InChI is InChI=1S/C35H60N4O5S2/c1-9-11-13-15-17-19-21-23-45(41,42)32-37-31(38-33(39-32)46(43,44)24-22-20-18-16-14-12-10-2)36-27-25-28(34(3,4)5)30(40)29(26-27)35(6,7)8/h25-26,40H,9-24H2,1-8H3,(H,36,37,38,39). The minimum Gasteiger partial charge on any atom is -0.507 e. The van der Waals surface area contributed by atoms with Crippen molar-refractivity contribution in [3.63, 3.8) is 0 Å². The third-order valence-electron chi connectivity index (χ3n) is 8.17. The summed E-state index contributed by atoms with van der Waals surface area (Å²) in [5.74, 6) is -0.291. The van der Waals surface area contributed by atoms with Gasteiger partial charge in [0.15, 0.2) is 0 Å². The molecule has 0 bridgehead atoms. The number of aromatic nitrogens is 3. The van der Waals surface area contributed by atoms with Crippen LogP contribution in [0.25, 0.3) is 0 Å². The van der Waals surface area contributed by atoms with Gasteiger partial charge in [-0.15, -0.1) is 0 Å². The molecule has 9 nitrogen and oxygen atoms in total. The molecule has 1 heterocycles. The van der Waals surface area contributed by atoms with Crippen LogP contribution in [0.5, 0.6) is 5.75 Å². The average molecular weight is 681 g/mol. The number of unbranched alkanes of at least 4 members (excludes halogenated alkanes) is 12. The van der Waals surface area contributed by atoms with Gasteiger partial charge in [0.25, 0.3) is 10.3 Å². The molecule has 262 valence electrons. The number of phenols is 1. The number of phenolic OH excluding ortho intramolecular Hbond substituents is 1. The summed E-state index contributed by atoms with van der Waals surface area (Å²) in [6.45, 7) is 16.3. The molecule has 1 aromatic carbocycles. The first-order valence-electron chi connectivity index (χ1n) is 17.3. The molecule has 0 saturated carbocycles. The molecule has 2 N–H and O–H groups in total. The predicted molar refractivity (Wildman–Crippen MR) is 189 cm³/mol. The Morgan fingerprint density at radius 1 is 0.587 bits per heavy atom. The fourth-order valence-electron chi connectivity index (χ4n) is 5.33. The van der Waals surface area contributed by atoms with Crippen LogP contribution in [0.1, 0.15) is 156 Å². The largest absolute Gasteiger partial charge is 0.507 e. The first-order valence-corrected chi connectivity index (χ1v) is 20.6. The third-order valence-corrected chi connectivity index (χ3v) is 11.3. The molecule has 2 aromatic rings. The van der Waals surface area contributed by atoms with Crippen molar-refractivity contribution < 1.29 is 21.9 Å². The second-order valence-corrected chi connectivity index (χ2v) is 18.7. The summed E-state index contributed by atoms with van der Waals surface area (Å²) in [5.41, 5.74) is 1.09. The number of hydrogen-bond donors (Lipinski definition) is 2. The molecule has 0 unspecified atom stereocenters. The first-order chi connectivity index (χ1) is 21.4. The number of aromatic hydroxyl groups is 1. The Morgan fingerprint density at radius 2 is 0.935 bits per heavy atom. The Bertz CT molecular complexity index is 1360. The van der Waals surface area contributed by atoms with Crippen LogP contribution < -0.4 is 5.32 Å². The zero-order valence-electron chi connectivity index (χ0n) is 29.7. The number of benzene rings is 1. The van der Waals surface area contributed by atoms with Crippen molar-refractivity contribution in [3.05, 3.63) is 23.3 Å². The topological polar surface area (TPSA) is 139 Å². The Hall–Kier alpha value is -2.27. The maximum absolute atomic E-state index is 13.4. The van der Waals surface area contributed by atoms with Crippen LogP contribution in [0.3, 0.4) is 0 Å². The highest BCUT2D eigenvalue weighted by Crippen LogP contribution is 2.41. The lowest BCUT2D eigenvalue weighted by Crippen LogP contribution is -2.20. The predicted octanol–water partition coefficient (Wildman–Crippen LogP) is 8.96. The van der Waals surface area contributed by atoms with Gasteiger partial charge in [0.05, 0.1) is 11.5 Å². The quantitative estimate of drug-likeness (QED) is 0.104. The van der Waals surface area contributed by atoms with Crippen molar-refractivity contribution in [2.75, 3.05) is 16.8 Å². The smallest absolute Gasteiger partial charge is 0.253 e. The van der Waals surface area contributed by atoms with Crippen molar-refractivity contribution >= 4 is 31.3 Å². The van der Waals surface area contributed by atoms with Gasteiger partial charge in [-0.2, -0.15) is 15.0 Å². The molecule has 0 aliphatic heterocycles. The van der Waals surface area contributed by atoms with Crippen molar-refractivity contribution in [1.82, 2.24) is 15.0 Å². The van der Waals surface area contributed by atoms with E-state index in [9.17, 15) is 21.9 Å². The zero-order chi connectivity index (χ0) is 34.6. The van der Waals surface area contributed by atoms with E-state index in [1.165, 1.54) is 12.8 Å². The maximum Gasteiger partial charge on any atom is 0.253 e. The van der Waals surface area contributed by atoms with Crippen LogP contribution >= 0.6 is 0 Å². The highest BCUT2D eigenvalue weighted by molar-refractivity contribution is 7.91. The lowest BCUT2D eigenvalue weighted by Gasteiger charge is -2.28. The summed E-state index contributed by atoms with van der Waals surface area (Å²) in [5, 5.41) is 13.2. The summed E-state index contributed by atoms with van der Waals surface area (Å²) < 4.78 is 53.8. The van der Waals surface area contributed by atoms with Crippen LogP contribution in [0, 0.1) is 0 Å². The monoisotopic (exact) mass is 680 g/mol. The van der Waals surface area contributed by atoms with E-state index in [-0.39, 0.29) is 23.2 Å². The van der Waals surface area contributed by atoms with Crippen LogP contribution in [0.15, 0.2) is 22.4 Å². The molecule has 0 aliphatic rings. The molecule has 0 amide bonds. The van der Waals surface area contributed by atoms with Crippen molar-refractivity contribution in [1.29, 1.82) is 0 Å². The summed E-state index contributed by atoms with van der Waals surface area (Å²) in [7, 11) is -7.94. The second-order valence-electron chi connectivity index (χ2n) is 14.6. The normalized spacial score (nSPS) is 12.9. The fourth-order valence-corrected chi connectivity index (χ4v) is 7.83. The highest BCUT2D eigenvalue weighted by atomic mass is 32.2. The molecule has 46 heavy (non-hydrogen) atoms. The lowest BCUT2D eigenvalue weighted by atomic mass is 9.79. The number of rotatable bonds is 20. The van der Waals surface area contributed by atoms with Crippen LogP contribution in [-0.2, 0) is 30.5 Å². The Balaban J connectivity index is 2.45. The van der Waals surface area contributed by atoms with E-state index in [0.717, 1.165) is 64.2 Å². The Morgan fingerprint density at radius 3 is 1.28 bits per heavy atom. The van der Waals surface area contributed by atoms with E-state index in [1.807, 2.05) is 41.5 Å². The lowest BCUT2D eigenvalue weighted by molar-refractivity contribution is 0.423. The maximum atomic E-state index is 13.4. The van der Waals surface area contributed by atoms with Gasteiger partial charge >= 0.3 is 0 Å². The number of nitrogens with one attached hydrogen (secondary N) is 1. The molecular weight excluding hydrogens is 621 g/mol. The average Bonchev–Trinajstić information content (AvgIpc) is 2.95. The van der Waals surface area contributed by atoms with Gasteiger partial charge < -0.3 is 10.4 Å². The molecular formula is C35H60N4O5S2. The summed E-state index contributed by atoms with van der Waals surface area (Å²) in [6.07, 6.45) is 13.4. The minimum atomic E-state index is -3.97. The van der Waals surface area contributed by atoms with Crippen LogP contribution in [0.4, 0.5) is 11.6 Å². The van der Waals surface area contributed by atoms with Gasteiger partial charge in [0.2, 0.25) is 25.6 Å². The molecule has 2 rings (SSSR count). The van der Waals surface area contributed by atoms with Crippen molar-refractivity contribution in [2.45, 2.75) is 166 Å². The van der Waals surface area contributed by atoms with Crippen molar-refractivity contribution in [2.24, 2.45) is 0 Å². The van der Waals surface area contributed by atoms with E-state index in [2.05, 4.69) is 34.1 Å². The van der Waals surface area contributed by atoms with Crippen LogP contribution in [0.2, 0.25) is 0 Å². The molecule has 0 spiro atoms. The van der Waals surface area contributed by atoms with E-state index >= 15 is 0 Å². The summed E-state index contributed by atoms with van der Waals surface area (Å²) >= 11 is 0. The Labute approximate surface area is 279 Å². The van der Waals surface area contributed by atoms with Gasteiger partial charge in [-0.25, -0.2) is 16.8 Å². The fraction of sp³-hybridized carbons (Fsp3) is 0.743. The number of anilines is 2. The molecule has 0 atom stereocenters.